The monoisotopic (exact) mass is 347 g/mol. The molecule has 0 bridgehead atoms. The highest BCUT2D eigenvalue weighted by molar-refractivity contribution is 5.76. The number of alkyl halides is 3. The topological polar surface area (TPSA) is 29.5 Å². The largest absolute Gasteiger partial charge is 0.492 e. The quantitative estimate of drug-likeness (QED) is 0.821. The molecule has 1 aliphatic heterocycles. The van der Waals surface area contributed by atoms with Crippen molar-refractivity contribution < 1.29 is 22.8 Å². The molecule has 0 aliphatic carbocycles. The Balaban J connectivity index is 1.71. The van der Waals surface area contributed by atoms with Crippen LogP contribution in [0.1, 0.15) is 12.0 Å². The Hall–Kier alpha value is -2.60. The zero-order valence-corrected chi connectivity index (χ0v) is 13.3. The van der Waals surface area contributed by atoms with E-state index < -0.39 is 12.1 Å². The molecular weight excluding hydrogens is 331 g/mol. The lowest BCUT2D eigenvalue weighted by atomic mass is 9.96. The lowest BCUT2D eigenvalue weighted by Gasteiger charge is -2.25. The summed E-state index contributed by atoms with van der Waals surface area (Å²) in [6.07, 6.45) is -2.69. The van der Waals surface area contributed by atoms with Gasteiger partial charge >= 0.3 is 12.1 Å². The van der Waals surface area contributed by atoms with E-state index in [1.807, 2.05) is 48.5 Å². The number of hydrogen-bond donors (Lipinski definition) is 0. The minimum atomic E-state index is -4.98. The van der Waals surface area contributed by atoms with E-state index in [9.17, 15) is 18.0 Å². The Bertz CT molecular complexity index is 785. The van der Waals surface area contributed by atoms with E-state index in [0.717, 1.165) is 27.3 Å². The Morgan fingerprint density at radius 3 is 2.28 bits per heavy atom. The summed E-state index contributed by atoms with van der Waals surface area (Å²) >= 11 is 0. The zero-order chi connectivity index (χ0) is 17.9. The van der Waals surface area contributed by atoms with Crippen LogP contribution >= 0.6 is 0 Å². The number of rotatable bonds is 3. The van der Waals surface area contributed by atoms with Crippen molar-refractivity contribution in [3.05, 3.63) is 66.2 Å². The van der Waals surface area contributed by atoms with Crippen LogP contribution in [-0.2, 0) is 9.63 Å². The van der Waals surface area contributed by atoms with Crippen LogP contribution in [0.2, 0.25) is 0 Å². The molecule has 0 atom stereocenters. The number of benzene rings is 2. The molecule has 130 valence electrons. The molecule has 25 heavy (non-hydrogen) atoms. The average molecular weight is 347 g/mol. The third kappa shape index (κ3) is 4.28. The van der Waals surface area contributed by atoms with Gasteiger partial charge < -0.3 is 4.84 Å². The van der Waals surface area contributed by atoms with Gasteiger partial charge in [-0.25, -0.2) is 4.79 Å². The zero-order valence-electron chi connectivity index (χ0n) is 13.3. The highest BCUT2D eigenvalue weighted by atomic mass is 19.4. The smallest absolute Gasteiger partial charge is 0.360 e. The normalized spacial score (nSPS) is 15.6. The van der Waals surface area contributed by atoms with Gasteiger partial charge in [0.1, 0.15) is 0 Å². The van der Waals surface area contributed by atoms with Crippen molar-refractivity contribution in [1.29, 1.82) is 0 Å². The Morgan fingerprint density at radius 2 is 1.64 bits per heavy atom. The second-order valence-electron chi connectivity index (χ2n) is 5.69. The molecule has 0 aromatic heterocycles. The van der Waals surface area contributed by atoms with Crippen molar-refractivity contribution in [2.45, 2.75) is 12.6 Å². The molecule has 1 heterocycles. The maximum absolute atomic E-state index is 12.2. The molecule has 1 aliphatic rings. The van der Waals surface area contributed by atoms with Crippen LogP contribution in [0, 0.1) is 0 Å². The average Bonchev–Trinajstić information content (AvgIpc) is 2.62. The second kappa shape index (κ2) is 7.11. The Morgan fingerprint density at radius 1 is 0.960 bits per heavy atom. The summed E-state index contributed by atoms with van der Waals surface area (Å²) in [6, 6.07) is 17.9. The molecule has 0 spiro atoms. The number of hydrogen-bond acceptors (Lipinski definition) is 3. The first kappa shape index (κ1) is 17.2. The summed E-state index contributed by atoms with van der Waals surface area (Å²) in [4.78, 5) is 15.2. The fraction of sp³-hybridized carbons (Fsp3) is 0.211. The summed E-state index contributed by atoms with van der Waals surface area (Å²) in [5.41, 5.74) is 4.21. The molecule has 0 unspecified atom stereocenters. The molecule has 0 N–H and O–H groups in total. The molecule has 0 saturated heterocycles. The van der Waals surface area contributed by atoms with E-state index in [4.69, 9.17) is 0 Å². The van der Waals surface area contributed by atoms with Crippen molar-refractivity contribution in [2.24, 2.45) is 0 Å². The molecule has 6 heteroatoms. The van der Waals surface area contributed by atoms with E-state index in [1.165, 1.54) is 0 Å². The van der Waals surface area contributed by atoms with Crippen molar-refractivity contribution in [3.63, 3.8) is 0 Å². The predicted octanol–water partition coefficient (Wildman–Crippen LogP) is 4.46. The third-order valence-corrected chi connectivity index (χ3v) is 3.96. The van der Waals surface area contributed by atoms with Crippen molar-refractivity contribution in [3.8, 4) is 11.1 Å². The first-order valence-electron chi connectivity index (χ1n) is 7.82. The van der Waals surface area contributed by atoms with Crippen LogP contribution in [0.4, 0.5) is 13.2 Å². The van der Waals surface area contributed by atoms with Gasteiger partial charge in [0.05, 0.1) is 6.54 Å². The van der Waals surface area contributed by atoms with E-state index >= 15 is 0 Å². The lowest BCUT2D eigenvalue weighted by molar-refractivity contribution is -0.237. The minimum Gasteiger partial charge on any atom is -0.360 e. The van der Waals surface area contributed by atoms with Gasteiger partial charge in [0.2, 0.25) is 0 Å². The third-order valence-electron chi connectivity index (χ3n) is 3.96. The summed E-state index contributed by atoms with van der Waals surface area (Å²) in [6.45, 7) is 0.357. The summed E-state index contributed by atoms with van der Waals surface area (Å²) in [7, 11) is 0. The summed E-state index contributed by atoms with van der Waals surface area (Å²) in [5, 5.41) is 1.03. The van der Waals surface area contributed by atoms with Gasteiger partial charge in [0, 0.05) is 6.54 Å². The Kier molecular flexibility index (Phi) is 4.90. The van der Waals surface area contributed by atoms with Gasteiger partial charge in [-0.05, 0) is 34.8 Å². The van der Waals surface area contributed by atoms with E-state index in [0.29, 0.717) is 6.42 Å². The van der Waals surface area contributed by atoms with Crippen molar-refractivity contribution in [2.75, 3.05) is 13.1 Å². The molecule has 2 aromatic carbocycles. The number of carbonyl (C=O) groups excluding carboxylic acids is 1. The highest BCUT2D eigenvalue weighted by Gasteiger charge is 2.42. The van der Waals surface area contributed by atoms with Crippen LogP contribution in [0.15, 0.2) is 60.7 Å². The molecule has 0 fully saturated rings. The van der Waals surface area contributed by atoms with Gasteiger partial charge in [0.25, 0.3) is 0 Å². The Labute approximate surface area is 143 Å². The van der Waals surface area contributed by atoms with Crippen molar-refractivity contribution >= 4 is 11.5 Å². The molecule has 0 radical (unpaired) electrons. The molecule has 0 amide bonds. The van der Waals surface area contributed by atoms with Crippen LogP contribution in [-0.4, -0.2) is 30.3 Å². The number of carbonyl (C=O) groups is 1. The van der Waals surface area contributed by atoms with Gasteiger partial charge in [-0.3, -0.25) is 0 Å². The maximum Gasteiger partial charge on any atom is 0.492 e. The number of hydroxylamine groups is 2. The molecule has 2 aromatic rings. The molecular formula is C19H16F3NO2. The van der Waals surface area contributed by atoms with Gasteiger partial charge in [-0.1, -0.05) is 54.6 Å². The van der Waals surface area contributed by atoms with Crippen LogP contribution in [0.5, 0.6) is 0 Å². The van der Waals surface area contributed by atoms with E-state index in [1.54, 1.807) is 6.08 Å². The van der Waals surface area contributed by atoms with Gasteiger partial charge in [0.15, 0.2) is 0 Å². The van der Waals surface area contributed by atoms with E-state index in [-0.39, 0.29) is 13.1 Å². The summed E-state index contributed by atoms with van der Waals surface area (Å²) in [5.74, 6) is -2.18. The first-order valence-corrected chi connectivity index (χ1v) is 7.82. The number of halogens is 3. The minimum absolute atomic E-state index is 0.132. The van der Waals surface area contributed by atoms with Crippen molar-refractivity contribution in [1.82, 2.24) is 5.06 Å². The lowest BCUT2D eigenvalue weighted by Crippen LogP contribution is -2.37. The molecule has 3 rings (SSSR count). The number of nitrogens with zero attached hydrogens (tertiary/aromatic N) is 1. The van der Waals surface area contributed by atoms with Crippen LogP contribution < -0.4 is 0 Å². The predicted molar refractivity (Wildman–Crippen MR) is 88.2 cm³/mol. The van der Waals surface area contributed by atoms with Crippen LogP contribution in [0.3, 0.4) is 0 Å². The standard InChI is InChI=1S/C19H16F3NO2/c20-19(21,22)18(24)25-23-11-9-15(10-12-23)17-8-4-7-16(13-17)14-5-2-1-3-6-14/h1-9,13H,10-12H2. The summed E-state index contributed by atoms with van der Waals surface area (Å²) < 4.78 is 36.7. The first-order chi connectivity index (χ1) is 11.9. The molecule has 3 nitrogen and oxygen atoms in total. The van der Waals surface area contributed by atoms with Gasteiger partial charge in [-0.2, -0.15) is 13.2 Å². The van der Waals surface area contributed by atoms with Crippen LogP contribution in [0.25, 0.3) is 16.7 Å². The second-order valence-corrected chi connectivity index (χ2v) is 5.69. The highest BCUT2D eigenvalue weighted by Crippen LogP contribution is 2.28. The van der Waals surface area contributed by atoms with E-state index in [2.05, 4.69) is 10.9 Å². The fourth-order valence-electron chi connectivity index (χ4n) is 2.69. The fourth-order valence-corrected chi connectivity index (χ4v) is 2.69. The SMILES string of the molecule is O=C(ON1CC=C(c2cccc(-c3ccccc3)c2)CC1)C(F)(F)F. The maximum atomic E-state index is 12.2. The molecule has 0 saturated carbocycles. The van der Waals surface area contributed by atoms with Gasteiger partial charge in [-0.15, -0.1) is 5.06 Å².